The van der Waals surface area contributed by atoms with E-state index in [9.17, 15) is 9.59 Å². The number of hydrogen-bond acceptors (Lipinski definition) is 4. The number of rotatable bonds is 2. The molecule has 0 spiro atoms. The van der Waals surface area contributed by atoms with E-state index in [0.29, 0.717) is 11.1 Å². The van der Waals surface area contributed by atoms with E-state index in [2.05, 4.69) is 15.0 Å². The Morgan fingerprint density at radius 2 is 2.33 bits per heavy atom. The monoisotopic (exact) mass is 204 g/mol. The maximum Gasteiger partial charge on any atom is 0.222 e. The van der Waals surface area contributed by atoms with Crippen LogP contribution in [0.15, 0.2) is 23.5 Å². The van der Waals surface area contributed by atoms with Crippen molar-refractivity contribution >= 4 is 16.9 Å². The minimum absolute atomic E-state index is 0.0880. The van der Waals surface area contributed by atoms with Crippen molar-refractivity contribution < 1.29 is 4.79 Å². The molecule has 2 rings (SSSR count). The number of nitrogens with zero attached hydrogens (tertiary/aromatic N) is 2. The molecular weight excluding hydrogens is 196 g/mol. The quantitative estimate of drug-likeness (QED) is 0.678. The second-order valence-electron chi connectivity index (χ2n) is 3.07. The van der Waals surface area contributed by atoms with Gasteiger partial charge in [0.05, 0.1) is 18.1 Å². The average Bonchev–Trinajstić information content (AvgIpc) is 2.22. The second-order valence-corrected chi connectivity index (χ2v) is 3.07. The molecule has 0 fully saturated rings. The molecule has 76 valence electrons. The first-order valence-electron chi connectivity index (χ1n) is 4.27. The van der Waals surface area contributed by atoms with Gasteiger partial charge in [-0.15, -0.1) is 0 Å². The molecule has 0 saturated carbocycles. The summed E-state index contributed by atoms with van der Waals surface area (Å²) in [6.45, 7) is 0. The summed E-state index contributed by atoms with van der Waals surface area (Å²) >= 11 is 0. The van der Waals surface area contributed by atoms with Crippen LogP contribution in [0, 0.1) is 0 Å². The molecule has 0 saturated heterocycles. The number of nitrogens with two attached hydrogens (primary N) is 1. The summed E-state index contributed by atoms with van der Waals surface area (Å²) < 4.78 is 0. The zero-order valence-corrected chi connectivity index (χ0v) is 7.73. The summed E-state index contributed by atoms with van der Waals surface area (Å²) in [4.78, 5) is 32.9. The van der Waals surface area contributed by atoms with Gasteiger partial charge in [0.25, 0.3) is 0 Å². The number of aromatic amines is 1. The number of fused-ring (bicyclic) bond motifs is 1. The lowest BCUT2D eigenvalue weighted by atomic mass is 10.2. The molecule has 0 bridgehead atoms. The van der Waals surface area contributed by atoms with Gasteiger partial charge in [-0.1, -0.05) is 0 Å². The van der Waals surface area contributed by atoms with Crippen LogP contribution in [0.1, 0.15) is 5.56 Å². The molecule has 1 amide bonds. The van der Waals surface area contributed by atoms with Crippen LogP contribution in [0.5, 0.6) is 0 Å². The Morgan fingerprint density at radius 3 is 3.07 bits per heavy atom. The van der Waals surface area contributed by atoms with E-state index in [0.717, 1.165) is 0 Å². The molecule has 2 heterocycles. The molecule has 6 nitrogen and oxygen atoms in total. The highest BCUT2D eigenvalue weighted by molar-refractivity contribution is 5.79. The van der Waals surface area contributed by atoms with Crippen molar-refractivity contribution in [2.75, 3.05) is 0 Å². The van der Waals surface area contributed by atoms with Gasteiger partial charge >= 0.3 is 0 Å². The maximum absolute atomic E-state index is 11.7. The summed E-state index contributed by atoms with van der Waals surface area (Å²) in [5.41, 5.74) is 5.84. The summed E-state index contributed by atoms with van der Waals surface area (Å²) in [6, 6.07) is 0. The highest BCUT2D eigenvalue weighted by Crippen LogP contribution is 2.02. The highest BCUT2D eigenvalue weighted by Gasteiger charge is 2.07. The number of primary amides is 1. The lowest BCUT2D eigenvalue weighted by molar-refractivity contribution is -0.117. The summed E-state index contributed by atoms with van der Waals surface area (Å²) in [7, 11) is 0. The predicted octanol–water partition coefficient (Wildman–Crippen LogP) is -0.654. The third-order valence-electron chi connectivity index (χ3n) is 1.99. The number of carbonyl (C=O) groups is 1. The normalized spacial score (nSPS) is 10.4. The fourth-order valence-electron chi connectivity index (χ4n) is 1.32. The molecule has 0 aliphatic carbocycles. The fraction of sp³-hybridized carbons (Fsp3) is 0.111. The molecule has 2 aromatic rings. The summed E-state index contributed by atoms with van der Waals surface area (Å²) in [5.74, 6) is -0.547. The van der Waals surface area contributed by atoms with Gasteiger partial charge in [0, 0.05) is 11.8 Å². The predicted molar refractivity (Wildman–Crippen MR) is 53.1 cm³/mol. The van der Waals surface area contributed by atoms with Gasteiger partial charge in [-0.3, -0.25) is 9.59 Å². The minimum Gasteiger partial charge on any atom is -0.369 e. The Bertz CT molecular complexity index is 576. The Balaban J connectivity index is 2.65. The van der Waals surface area contributed by atoms with Crippen molar-refractivity contribution in [3.05, 3.63) is 34.5 Å². The minimum atomic E-state index is -0.547. The maximum atomic E-state index is 11.7. The molecular formula is C9H8N4O2. The lowest BCUT2D eigenvalue weighted by Crippen LogP contribution is -2.20. The van der Waals surface area contributed by atoms with Crippen molar-refractivity contribution in [1.29, 1.82) is 0 Å². The van der Waals surface area contributed by atoms with Crippen molar-refractivity contribution in [3.63, 3.8) is 0 Å². The lowest BCUT2D eigenvalue weighted by Gasteiger charge is -1.99. The third-order valence-corrected chi connectivity index (χ3v) is 1.99. The number of nitrogens with one attached hydrogen (secondary N) is 1. The van der Waals surface area contributed by atoms with Gasteiger partial charge in [0.1, 0.15) is 11.8 Å². The fourth-order valence-corrected chi connectivity index (χ4v) is 1.32. The number of pyridine rings is 1. The molecule has 15 heavy (non-hydrogen) atoms. The molecule has 0 atom stereocenters. The third kappa shape index (κ3) is 1.69. The Kier molecular flexibility index (Phi) is 2.17. The van der Waals surface area contributed by atoms with E-state index >= 15 is 0 Å². The van der Waals surface area contributed by atoms with Gasteiger partial charge in [0.2, 0.25) is 11.3 Å². The van der Waals surface area contributed by atoms with Crippen molar-refractivity contribution in [1.82, 2.24) is 15.0 Å². The van der Waals surface area contributed by atoms with E-state index in [-0.39, 0.29) is 17.4 Å². The standard InChI is InChI=1S/C9H8N4O2/c10-7(14)1-5-2-12-6-3-11-4-13-8(6)9(5)15/h2-4H,1H2,(H2,10,14)(H,12,15). The van der Waals surface area contributed by atoms with E-state index in [1.54, 1.807) is 0 Å². The Labute approximate surface area is 84.2 Å². The van der Waals surface area contributed by atoms with Crippen molar-refractivity contribution in [2.24, 2.45) is 5.73 Å². The van der Waals surface area contributed by atoms with E-state index < -0.39 is 5.91 Å². The van der Waals surface area contributed by atoms with Crippen LogP contribution in [0.3, 0.4) is 0 Å². The van der Waals surface area contributed by atoms with Crippen molar-refractivity contribution in [2.45, 2.75) is 6.42 Å². The van der Waals surface area contributed by atoms with Gasteiger partial charge in [-0.2, -0.15) is 0 Å². The van der Waals surface area contributed by atoms with Crippen LogP contribution in [0.4, 0.5) is 0 Å². The number of carbonyl (C=O) groups excluding carboxylic acids is 1. The van der Waals surface area contributed by atoms with Crippen LogP contribution < -0.4 is 11.2 Å². The van der Waals surface area contributed by atoms with E-state index in [1.807, 2.05) is 0 Å². The number of aromatic nitrogens is 3. The zero-order chi connectivity index (χ0) is 10.8. The highest BCUT2D eigenvalue weighted by atomic mass is 16.1. The number of hydrogen-bond donors (Lipinski definition) is 2. The summed E-state index contributed by atoms with van der Waals surface area (Å²) in [6.07, 6.45) is 4.15. The van der Waals surface area contributed by atoms with Crippen LogP contribution in [0.25, 0.3) is 11.0 Å². The molecule has 0 aliphatic rings. The van der Waals surface area contributed by atoms with Crippen LogP contribution >= 0.6 is 0 Å². The average molecular weight is 204 g/mol. The first-order valence-corrected chi connectivity index (χ1v) is 4.27. The number of H-pyrrole nitrogens is 1. The molecule has 6 heteroatoms. The first-order chi connectivity index (χ1) is 7.18. The molecule has 3 N–H and O–H groups in total. The SMILES string of the molecule is NC(=O)Cc1c[nH]c2cncnc2c1=O. The van der Waals surface area contributed by atoms with Gasteiger partial charge < -0.3 is 10.7 Å². The zero-order valence-electron chi connectivity index (χ0n) is 7.73. The van der Waals surface area contributed by atoms with Crippen LogP contribution in [-0.4, -0.2) is 20.9 Å². The van der Waals surface area contributed by atoms with Crippen molar-refractivity contribution in [3.8, 4) is 0 Å². The smallest absolute Gasteiger partial charge is 0.222 e. The van der Waals surface area contributed by atoms with E-state index in [1.165, 1.54) is 18.7 Å². The Hall–Kier alpha value is -2.24. The van der Waals surface area contributed by atoms with Gasteiger partial charge in [-0.05, 0) is 0 Å². The van der Waals surface area contributed by atoms with Crippen LogP contribution in [-0.2, 0) is 11.2 Å². The van der Waals surface area contributed by atoms with Gasteiger partial charge in [-0.25, -0.2) is 9.97 Å². The Morgan fingerprint density at radius 1 is 1.53 bits per heavy atom. The molecule has 0 radical (unpaired) electrons. The summed E-state index contributed by atoms with van der Waals surface area (Å²) in [5, 5.41) is 0. The molecule has 0 unspecified atom stereocenters. The topological polar surface area (TPSA) is 102 Å². The first kappa shape index (κ1) is 9.32. The molecule has 2 aromatic heterocycles. The van der Waals surface area contributed by atoms with E-state index in [4.69, 9.17) is 5.73 Å². The van der Waals surface area contributed by atoms with Crippen LogP contribution in [0.2, 0.25) is 0 Å². The largest absolute Gasteiger partial charge is 0.369 e. The molecule has 0 aromatic carbocycles. The molecule has 0 aliphatic heterocycles. The van der Waals surface area contributed by atoms with Gasteiger partial charge in [0.15, 0.2) is 0 Å². The second kappa shape index (κ2) is 3.49. The number of amides is 1.